The molecule has 0 radical (unpaired) electrons. The van der Waals surface area contributed by atoms with Crippen molar-refractivity contribution in [1.29, 1.82) is 0 Å². The van der Waals surface area contributed by atoms with Crippen LogP contribution in [-0.2, 0) is 13.0 Å². The summed E-state index contributed by atoms with van der Waals surface area (Å²) in [5.41, 5.74) is 0. The third-order valence-corrected chi connectivity index (χ3v) is 5.50. The zero-order chi connectivity index (χ0) is 15.0. The van der Waals surface area contributed by atoms with E-state index in [4.69, 9.17) is 0 Å². The number of thioether (sulfide) groups is 1. The lowest BCUT2D eigenvalue weighted by atomic mass is 10.2. The van der Waals surface area contributed by atoms with Gasteiger partial charge in [-0.05, 0) is 45.6 Å². The fraction of sp³-hybridized carbons (Fsp3) is 0.667. The number of hydrogen-bond donors (Lipinski definition) is 2. The first-order valence-corrected chi connectivity index (χ1v) is 9.19. The Morgan fingerprint density at radius 2 is 1.95 bits per heavy atom. The smallest absolute Gasteiger partial charge is 0.191 e. The Morgan fingerprint density at radius 3 is 2.50 bits per heavy atom. The number of aryl methyl sites for hydroxylation is 1. The Hall–Kier alpha value is -0.680. The van der Waals surface area contributed by atoms with Gasteiger partial charge >= 0.3 is 0 Å². The Bertz CT molecular complexity index is 425. The van der Waals surface area contributed by atoms with E-state index in [0.29, 0.717) is 0 Å². The largest absolute Gasteiger partial charge is 0.357 e. The number of hydrogen-bond acceptors (Lipinski definition) is 3. The van der Waals surface area contributed by atoms with Gasteiger partial charge in [0.2, 0.25) is 0 Å². The van der Waals surface area contributed by atoms with E-state index in [1.54, 1.807) is 0 Å². The number of nitrogens with zero attached hydrogens (tertiary/aromatic N) is 1. The molecule has 0 aliphatic rings. The molecule has 5 heteroatoms. The summed E-state index contributed by atoms with van der Waals surface area (Å²) >= 11 is 3.72. The molecule has 1 aromatic rings. The molecule has 20 heavy (non-hydrogen) atoms. The van der Waals surface area contributed by atoms with Crippen molar-refractivity contribution >= 4 is 29.1 Å². The highest BCUT2D eigenvalue weighted by Gasteiger charge is 2.16. The predicted octanol–water partition coefficient (Wildman–Crippen LogP) is 3.51. The van der Waals surface area contributed by atoms with E-state index in [-0.39, 0.29) is 4.75 Å². The topological polar surface area (TPSA) is 36.4 Å². The summed E-state index contributed by atoms with van der Waals surface area (Å²) in [6.07, 6.45) is 3.25. The molecule has 0 aliphatic heterocycles. The zero-order valence-corrected chi connectivity index (χ0v) is 14.9. The third-order valence-electron chi connectivity index (χ3n) is 3.04. The van der Waals surface area contributed by atoms with Crippen LogP contribution in [0, 0.1) is 0 Å². The molecule has 0 bridgehead atoms. The highest BCUT2D eigenvalue weighted by atomic mass is 32.2. The van der Waals surface area contributed by atoms with E-state index in [2.05, 4.69) is 61.7 Å². The minimum Gasteiger partial charge on any atom is -0.357 e. The predicted molar refractivity (Wildman–Crippen MR) is 94.1 cm³/mol. The molecule has 3 nitrogen and oxygen atoms in total. The Morgan fingerprint density at radius 1 is 1.25 bits per heavy atom. The number of thiophene rings is 1. The molecular formula is C15H27N3S2. The van der Waals surface area contributed by atoms with Gasteiger partial charge < -0.3 is 10.6 Å². The molecule has 0 unspecified atom stereocenters. The fourth-order valence-electron chi connectivity index (χ4n) is 1.56. The van der Waals surface area contributed by atoms with Crippen LogP contribution in [-0.4, -0.2) is 30.1 Å². The van der Waals surface area contributed by atoms with Crippen molar-refractivity contribution in [2.45, 2.75) is 45.4 Å². The molecule has 0 atom stereocenters. The van der Waals surface area contributed by atoms with Crippen LogP contribution in [0.1, 0.15) is 37.4 Å². The maximum atomic E-state index is 4.66. The van der Waals surface area contributed by atoms with E-state index in [0.717, 1.165) is 32.0 Å². The summed E-state index contributed by atoms with van der Waals surface area (Å²) in [7, 11) is 0. The highest BCUT2D eigenvalue weighted by molar-refractivity contribution is 7.99. The molecule has 0 spiro atoms. The van der Waals surface area contributed by atoms with Crippen LogP contribution in [0.15, 0.2) is 17.1 Å². The van der Waals surface area contributed by atoms with Crippen molar-refractivity contribution in [2.24, 2.45) is 4.99 Å². The molecule has 0 aromatic carbocycles. The van der Waals surface area contributed by atoms with Crippen LogP contribution >= 0.6 is 23.1 Å². The minimum atomic E-state index is 0.217. The van der Waals surface area contributed by atoms with Gasteiger partial charge in [-0.2, -0.15) is 11.8 Å². The molecule has 2 N–H and O–H groups in total. The van der Waals surface area contributed by atoms with E-state index < -0.39 is 0 Å². The average molecular weight is 314 g/mol. The molecule has 1 rings (SSSR count). The lowest BCUT2D eigenvalue weighted by Crippen LogP contribution is -2.43. The second-order valence-corrected chi connectivity index (χ2v) is 8.00. The van der Waals surface area contributed by atoms with Crippen molar-refractivity contribution in [2.75, 3.05) is 19.3 Å². The average Bonchev–Trinajstić information content (AvgIpc) is 2.90. The van der Waals surface area contributed by atoms with Crippen LogP contribution in [0.2, 0.25) is 0 Å². The molecule has 114 valence electrons. The van der Waals surface area contributed by atoms with Gasteiger partial charge in [0.25, 0.3) is 0 Å². The summed E-state index contributed by atoms with van der Waals surface area (Å²) in [5.74, 6) is 0.904. The van der Waals surface area contributed by atoms with E-state index >= 15 is 0 Å². The summed E-state index contributed by atoms with van der Waals surface area (Å²) in [4.78, 5) is 7.41. The van der Waals surface area contributed by atoms with Crippen LogP contribution in [0.5, 0.6) is 0 Å². The molecule has 1 heterocycles. The summed E-state index contributed by atoms with van der Waals surface area (Å²) in [6.45, 7) is 11.3. The standard InChI is InChI=1S/C15H27N3S2/c1-6-12-8-9-13(20-12)10-17-14(16-7-2)18-11-15(3,4)19-5/h8-9H,6-7,10-11H2,1-5H3,(H2,16,17,18). The molecule has 0 fully saturated rings. The van der Waals surface area contributed by atoms with E-state index in [1.165, 1.54) is 9.75 Å². The molecule has 0 amide bonds. The number of aliphatic imine (C=N–C) groups is 1. The van der Waals surface area contributed by atoms with Gasteiger partial charge in [-0.25, -0.2) is 4.99 Å². The number of guanidine groups is 1. The first kappa shape index (κ1) is 17.4. The maximum Gasteiger partial charge on any atom is 0.191 e. The number of rotatable bonds is 7. The van der Waals surface area contributed by atoms with Crippen molar-refractivity contribution in [3.8, 4) is 0 Å². The molecule has 0 saturated heterocycles. The van der Waals surface area contributed by atoms with Gasteiger partial charge in [-0.3, -0.25) is 0 Å². The van der Waals surface area contributed by atoms with Crippen LogP contribution in [0.25, 0.3) is 0 Å². The quantitative estimate of drug-likeness (QED) is 0.597. The van der Waals surface area contributed by atoms with Crippen LogP contribution in [0.4, 0.5) is 0 Å². The third kappa shape index (κ3) is 6.18. The van der Waals surface area contributed by atoms with E-state index in [1.807, 2.05) is 23.1 Å². The summed E-state index contributed by atoms with van der Waals surface area (Å²) in [5, 5.41) is 6.73. The van der Waals surface area contributed by atoms with E-state index in [9.17, 15) is 0 Å². The highest BCUT2D eigenvalue weighted by Crippen LogP contribution is 2.20. The summed E-state index contributed by atoms with van der Waals surface area (Å²) < 4.78 is 0.217. The SMILES string of the molecule is CCNC(=NCc1ccc(CC)s1)NCC(C)(C)SC. The minimum absolute atomic E-state index is 0.217. The summed E-state index contributed by atoms with van der Waals surface area (Å²) in [6, 6.07) is 4.38. The van der Waals surface area contributed by atoms with Crippen LogP contribution in [0.3, 0.4) is 0 Å². The van der Waals surface area contributed by atoms with Crippen molar-refractivity contribution in [1.82, 2.24) is 10.6 Å². The second kappa shape index (κ2) is 8.57. The van der Waals surface area contributed by atoms with Gasteiger partial charge in [0.05, 0.1) is 6.54 Å². The fourth-order valence-corrected chi connectivity index (χ4v) is 2.66. The lowest BCUT2D eigenvalue weighted by Gasteiger charge is -2.23. The Kier molecular flexibility index (Phi) is 7.45. The lowest BCUT2D eigenvalue weighted by molar-refractivity contribution is 0.665. The Labute approximate surface area is 131 Å². The van der Waals surface area contributed by atoms with Crippen molar-refractivity contribution < 1.29 is 0 Å². The van der Waals surface area contributed by atoms with Gasteiger partial charge in [0.15, 0.2) is 5.96 Å². The molecular weight excluding hydrogens is 286 g/mol. The number of nitrogens with one attached hydrogen (secondary N) is 2. The second-order valence-electron chi connectivity index (χ2n) is 5.23. The first-order valence-electron chi connectivity index (χ1n) is 7.15. The van der Waals surface area contributed by atoms with Crippen molar-refractivity contribution in [3.05, 3.63) is 21.9 Å². The van der Waals surface area contributed by atoms with Crippen molar-refractivity contribution in [3.63, 3.8) is 0 Å². The first-order chi connectivity index (χ1) is 9.50. The molecule has 0 saturated carbocycles. The normalized spacial score (nSPS) is 12.6. The van der Waals surface area contributed by atoms with Gasteiger partial charge in [0.1, 0.15) is 0 Å². The zero-order valence-electron chi connectivity index (χ0n) is 13.2. The Balaban J connectivity index is 2.58. The van der Waals surface area contributed by atoms with Crippen LogP contribution < -0.4 is 10.6 Å². The maximum absolute atomic E-state index is 4.66. The molecule has 0 aliphatic carbocycles. The van der Waals surface area contributed by atoms with Gasteiger partial charge in [0, 0.05) is 27.6 Å². The van der Waals surface area contributed by atoms with Gasteiger partial charge in [-0.15, -0.1) is 11.3 Å². The van der Waals surface area contributed by atoms with Gasteiger partial charge in [-0.1, -0.05) is 6.92 Å². The molecule has 1 aromatic heterocycles. The monoisotopic (exact) mass is 313 g/mol.